The van der Waals surface area contributed by atoms with Gasteiger partial charge >= 0.3 is 0 Å². The Morgan fingerprint density at radius 1 is 0.862 bits per heavy atom. The molecular formula is C25H26N2O2. The zero-order chi connectivity index (χ0) is 20.1. The number of hydrogen-bond donors (Lipinski definition) is 3. The molecule has 0 aliphatic rings. The molecule has 0 saturated heterocycles. The lowest BCUT2D eigenvalue weighted by Crippen LogP contribution is -2.27. The van der Waals surface area contributed by atoms with Gasteiger partial charge in [0.25, 0.3) is 0 Å². The van der Waals surface area contributed by atoms with Crippen LogP contribution >= 0.6 is 0 Å². The summed E-state index contributed by atoms with van der Waals surface area (Å²) in [7, 11) is 1.68. The minimum atomic E-state index is -0.532. The number of aromatic amines is 1. The number of benzene rings is 3. The molecule has 0 amide bonds. The van der Waals surface area contributed by atoms with Gasteiger partial charge in [0.1, 0.15) is 5.75 Å². The number of ether oxygens (including phenoxy) is 1. The molecule has 148 valence electrons. The van der Waals surface area contributed by atoms with Gasteiger partial charge in [-0.1, -0.05) is 60.7 Å². The number of rotatable bonds is 8. The maximum absolute atomic E-state index is 10.5. The molecule has 4 heteroatoms. The molecule has 0 aliphatic heterocycles. The first-order valence-corrected chi connectivity index (χ1v) is 9.90. The summed E-state index contributed by atoms with van der Waals surface area (Å²) in [6.45, 7) is 1.22. The van der Waals surface area contributed by atoms with Crippen LogP contribution in [-0.4, -0.2) is 30.3 Å². The first kappa shape index (κ1) is 19.2. The number of H-pyrrole nitrogens is 1. The van der Waals surface area contributed by atoms with E-state index in [1.165, 1.54) is 16.5 Å². The minimum absolute atomic E-state index is 0.153. The summed E-state index contributed by atoms with van der Waals surface area (Å²) in [5.41, 5.74) is 4.50. The summed E-state index contributed by atoms with van der Waals surface area (Å²) in [6, 6.07) is 26.3. The monoisotopic (exact) mass is 386 g/mol. The summed E-state index contributed by atoms with van der Waals surface area (Å²) in [4.78, 5) is 3.38. The van der Waals surface area contributed by atoms with E-state index in [2.05, 4.69) is 46.8 Å². The Morgan fingerprint density at radius 2 is 1.59 bits per heavy atom. The average molecular weight is 386 g/mol. The standard InChI is InChI=1S/C25H26N2O2/c1-29-20-13-11-18(12-14-20)22(23-16-27-24-10-6-5-9-21(23)24)15-26-17-25(28)19-7-3-2-4-8-19/h2-14,16,22,25-28H,15,17H2,1H3/t22-,25-/m1/s1. The molecule has 0 fully saturated rings. The maximum Gasteiger partial charge on any atom is 0.118 e. The molecule has 0 saturated carbocycles. The summed E-state index contributed by atoms with van der Waals surface area (Å²) < 4.78 is 5.32. The Bertz CT molecular complexity index is 1040. The van der Waals surface area contributed by atoms with Crippen LogP contribution in [-0.2, 0) is 0 Å². The number of aromatic nitrogens is 1. The van der Waals surface area contributed by atoms with Crippen molar-refractivity contribution < 1.29 is 9.84 Å². The van der Waals surface area contributed by atoms with Crippen LogP contribution in [0.15, 0.2) is 85.1 Å². The first-order valence-electron chi connectivity index (χ1n) is 9.90. The van der Waals surface area contributed by atoms with E-state index in [9.17, 15) is 5.11 Å². The van der Waals surface area contributed by atoms with Gasteiger partial charge in [-0.05, 0) is 34.9 Å². The van der Waals surface area contributed by atoms with Gasteiger partial charge in [-0.2, -0.15) is 0 Å². The predicted molar refractivity (Wildman–Crippen MR) is 117 cm³/mol. The normalized spacial score (nSPS) is 13.3. The van der Waals surface area contributed by atoms with Crippen molar-refractivity contribution in [1.29, 1.82) is 0 Å². The highest BCUT2D eigenvalue weighted by Crippen LogP contribution is 2.31. The number of hydrogen-bond acceptors (Lipinski definition) is 3. The van der Waals surface area contributed by atoms with E-state index >= 15 is 0 Å². The van der Waals surface area contributed by atoms with Crippen LogP contribution in [0.2, 0.25) is 0 Å². The lowest BCUT2D eigenvalue weighted by Gasteiger charge is -2.20. The van der Waals surface area contributed by atoms with Crippen molar-refractivity contribution >= 4 is 10.9 Å². The lowest BCUT2D eigenvalue weighted by atomic mass is 9.90. The van der Waals surface area contributed by atoms with Gasteiger partial charge in [0.15, 0.2) is 0 Å². The third-order valence-corrected chi connectivity index (χ3v) is 5.39. The molecule has 0 bridgehead atoms. The van der Waals surface area contributed by atoms with Crippen molar-refractivity contribution in [2.24, 2.45) is 0 Å². The first-order chi connectivity index (χ1) is 14.3. The Kier molecular flexibility index (Phi) is 5.94. The third-order valence-electron chi connectivity index (χ3n) is 5.39. The van der Waals surface area contributed by atoms with Crippen LogP contribution in [0.5, 0.6) is 5.75 Å². The van der Waals surface area contributed by atoms with Crippen LogP contribution in [0.1, 0.15) is 28.7 Å². The fourth-order valence-corrected chi connectivity index (χ4v) is 3.78. The molecule has 0 unspecified atom stereocenters. The smallest absolute Gasteiger partial charge is 0.118 e. The molecule has 4 nitrogen and oxygen atoms in total. The highest BCUT2D eigenvalue weighted by Gasteiger charge is 2.19. The van der Waals surface area contributed by atoms with E-state index < -0.39 is 6.10 Å². The largest absolute Gasteiger partial charge is 0.497 e. The molecule has 0 radical (unpaired) electrons. The summed E-state index contributed by atoms with van der Waals surface area (Å²) in [5, 5.41) is 15.2. The van der Waals surface area contributed by atoms with Crippen molar-refractivity contribution in [1.82, 2.24) is 10.3 Å². The molecular weight excluding hydrogens is 360 g/mol. The van der Waals surface area contributed by atoms with Gasteiger partial charge in [-0.3, -0.25) is 0 Å². The van der Waals surface area contributed by atoms with Crippen molar-refractivity contribution in [3.63, 3.8) is 0 Å². The van der Waals surface area contributed by atoms with Crippen molar-refractivity contribution in [3.05, 3.63) is 102 Å². The van der Waals surface area contributed by atoms with Crippen LogP contribution in [0.25, 0.3) is 10.9 Å². The summed E-state index contributed by atoms with van der Waals surface area (Å²) in [5.74, 6) is 0.999. The SMILES string of the molecule is COc1ccc([C@@H](CNC[C@@H](O)c2ccccc2)c2c[nH]c3ccccc23)cc1. The Hall–Kier alpha value is -3.08. The van der Waals surface area contributed by atoms with E-state index in [1.54, 1.807) is 7.11 Å². The predicted octanol–water partition coefficient (Wildman–Crippen LogP) is 4.63. The molecule has 4 rings (SSSR count). The number of para-hydroxylation sites is 1. The van der Waals surface area contributed by atoms with Gasteiger partial charge in [-0.25, -0.2) is 0 Å². The number of aliphatic hydroxyl groups is 1. The second-order valence-electron chi connectivity index (χ2n) is 7.20. The van der Waals surface area contributed by atoms with Gasteiger partial charge in [-0.15, -0.1) is 0 Å². The molecule has 2 atom stereocenters. The zero-order valence-corrected chi connectivity index (χ0v) is 16.5. The molecule has 29 heavy (non-hydrogen) atoms. The maximum atomic E-state index is 10.5. The van der Waals surface area contributed by atoms with Crippen LogP contribution in [0.3, 0.4) is 0 Å². The number of methoxy groups -OCH3 is 1. The van der Waals surface area contributed by atoms with Crippen LogP contribution in [0.4, 0.5) is 0 Å². The molecule has 1 heterocycles. The fourth-order valence-electron chi connectivity index (χ4n) is 3.78. The Balaban J connectivity index is 1.56. The molecule has 3 aromatic carbocycles. The second kappa shape index (κ2) is 8.95. The second-order valence-corrected chi connectivity index (χ2v) is 7.20. The quantitative estimate of drug-likeness (QED) is 0.414. The fraction of sp³-hybridized carbons (Fsp3) is 0.200. The van der Waals surface area contributed by atoms with Crippen molar-refractivity contribution in [3.8, 4) is 5.75 Å². The van der Waals surface area contributed by atoms with Gasteiger partial charge in [0.2, 0.25) is 0 Å². The van der Waals surface area contributed by atoms with E-state index in [1.807, 2.05) is 48.5 Å². The van der Waals surface area contributed by atoms with Gasteiger partial charge < -0.3 is 20.1 Å². The Morgan fingerprint density at radius 3 is 2.34 bits per heavy atom. The van der Waals surface area contributed by atoms with E-state index in [0.29, 0.717) is 6.54 Å². The van der Waals surface area contributed by atoms with Crippen LogP contribution in [0, 0.1) is 0 Å². The number of aliphatic hydroxyl groups excluding tert-OH is 1. The molecule has 1 aromatic heterocycles. The van der Waals surface area contributed by atoms with E-state index in [-0.39, 0.29) is 5.92 Å². The highest BCUT2D eigenvalue weighted by molar-refractivity contribution is 5.84. The van der Waals surface area contributed by atoms with Crippen molar-refractivity contribution in [2.75, 3.05) is 20.2 Å². The number of fused-ring (bicyclic) bond motifs is 1. The summed E-state index contributed by atoms with van der Waals surface area (Å²) in [6.07, 6.45) is 1.56. The van der Waals surface area contributed by atoms with Crippen LogP contribution < -0.4 is 10.1 Å². The number of nitrogens with one attached hydrogen (secondary N) is 2. The third kappa shape index (κ3) is 4.34. The van der Waals surface area contributed by atoms with E-state index in [4.69, 9.17) is 4.74 Å². The topological polar surface area (TPSA) is 57.3 Å². The summed E-state index contributed by atoms with van der Waals surface area (Å²) >= 11 is 0. The lowest BCUT2D eigenvalue weighted by molar-refractivity contribution is 0.174. The van der Waals surface area contributed by atoms with E-state index in [0.717, 1.165) is 23.4 Å². The minimum Gasteiger partial charge on any atom is -0.497 e. The highest BCUT2D eigenvalue weighted by atomic mass is 16.5. The molecule has 4 aromatic rings. The molecule has 0 spiro atoms. The molecule has 0 aliphatic carbocycles. The van der Waals surface area contributed by atoms with Crippen molar-refractivity contribution in [2.45, 2.75) is 12.0 Å². The Labute approximate surface area is 171 Å². The molecule has 3 N–H and O–H groups in total. The van der Waals surface area contributed by atoms with Gasteiger partial charge in [0.05, 0.1) is 13.2 Å². The van der Waals surface area contributed by atoms with Gasteiger partial charge in [0, 0.05) is 36.1 Å². The zero-order valence-electron chi connectivity index (χ0n) is 16.5. The average Bonchev–Trinajstić information content (AvgIpc) is 3.21.